The highest BCUT2D eigenvalue weighted by molar-refractivity contribution is 7.98. The van der Waals surface area contributed by atoms with E-state index in [1.54, 1.807) is 11.8 Å². The molecule has 0 spiro atoms. The van der Waals surface area contributed by atoms with Crippen molar-refractivity contribution < 1.29 is 4.79 Å². The molecule has 0 aliphatic carbocycles. The van der Waals surface area contributed by atoms with Gasteiger partial charge in [-0.15, -0.1) is 0 Å². The Morgan fingerprint density at radius 1 is 1.67 bits per heavy atom. The standard InChI is InChI=1S/C8H18N2OS/c1-7(6-9)5-8(11)10-3-4-12-2/h7H,3-6,9H2,1-2H3,(H,10,11). The van der Waals surface area contributed by atoms with Gasteiger partial charge < -0.3 is 11.1 Å². The summed E-state index contributed by atoms with van der Waals surface area (Å²) in [6.45, 7) is 3.32. The second-order valence-corrected chi connectivity index (χ2v) is 3.87. The molecule has 1 unspecified atom stereocenters. The molecule has 0 radical (unpaired) electrons. The van der Waals surface area contributed by atoms with Gasteiger partial charge in [-0.1, -0.05) is 6.92 Å². The van der Waals surface area contributed by atoms with Gasteiger partial charge in [0.05, 0.1) is 0 Å². The van der Waals surface area contributed by atoms with Crippen molar-refractivity contribution in [3.05, 3.63) is 0 Å². The van der Waals surface area contributed by atoms with Crippen molar-refractivity contribution in [3.63, 3.8) is 0 Å². The number of hydrogen-bond acceptors (Lipinski definition) is 3. The minimum atomic E-state index is 0.113. The van der Waals surface area contributed by atoms with E-state index in [4.69, 9.17) is 5.73 Å². The zero-order chi connectivity index (χ0) is 9.40. The largest absolute Gasteiger partial charge is 0.355 e. The summed E-state index contributed by atoms with van der Waals surface area (Å²) < 4.78 is 0. The Morgan fingerprint density at radius 3 is 2.83 bits per heavy atom. The van der Waals surface area contributed by atoms with Gasteiger partial charge in [0.1, 0.15) is 0 Å². The van der Waals surface area contributed by atoms with Gasteiger partial charge in [0.15, 0.2) is 0 Å². The van der Waals surface area contributed by atoms with Crippen LogP contribution in [-0.4, -0.2) is 31.0 Å². The molecule has 3 nitrogen and oxygen atoms in total. The van der Waals surface area contributed by atoms with E-state index in [0.717, 1.165) is 12.3 Å². The molecule has 0 bridgehead atoms. The summed E-state index contributed by atoms with van der Waals surface area (Å²) in [5, 5.41) is 2.83. The lowest BCUT2D eigenvalue weighted by atomic mass is 10.1. The zero-order valence-corrected chi connectivity index (χ0v) is 8.62. The highest BCUT2D eigenvalue weighted by atomic mass is 32.2. The normalized spacial score (nSPS) is 12.6. The molecule has 0 aromatic heterocycles. The van der Waals surface area contributed by atoms with Crippen LogP contribution in [0.1, 0.15) is 13.3 Å². The van der Waals surface area contributed by atoms with E-state index < -0.39 is 0 Å². The van der Waals surface area contributed by atoms with Gasteiger partial charge in [0, 0.05) is 18.7 Å². The summed E-state index contributed by atoms with van der Waals surface area (Å²) >= 11 is 1.73. The van der Waals surface area contributed by atoms with Crippen molar-refractivity contribution in [2.45, 2.75) is 13.3 Å². The lowest BCUT2D eigenvalue weighted by molar-refractivity contribution is -0.121. The maximum absolute atomic E-state index is 11.1. The van der Waals surface area contributed by atoms with E-state index in [1.165, 1.54) is 0 Å². The Hall–Kier alpha value is -0.220. The molecular formula is C8H18N2OS. The number of carbonyl (C=O) groups excluding carboxylic acids is 1. The Bertz CT molecular complexity index is 130. The van der Waals surface area contributed by atoms with Crippen LogP contribution in [0.4, 0.5) is 0 Å². The first-order valence-corrected chi connectivity index (χ1v) is 5.55. The zero-order valence-electron chi connectivity index (χ0n) is 7.80. The monoisotopic (exact) mass is 190 g/mol. The molecule has 4 heteroatoms. The lowest BCUT2D eigenvalue weighted by Crippen LogP contribution is -2.28. The SMILES string of the molecule is CSCCNC(=O)CC(C)CN. The number of rotatable bonds is 6. The van der Waals surface area contributed by atoms with Gasteiger partial charge in [0.2, 0.25) is 5.91 Å². The topological polar surface area (TPSA) is 55.1 Å². The molecule has 0 heterocycles. The minimum Gasteiger partial charge on any atom is -0.355 e. The van der Waals surface area contributed by atoms with Gasteiger partial charge in [-0.2, -0.15) is 11.8 Å². The summed E-state index contributed by atoms with van der Waals surface area (Å²) in [4.78, 5) is 11.1. The van der Waals surface area contributed by atoms with Crippen molar-refractivity contribution in [1.82, 2.24) is 5.32 Å². The number of hydrogen-bond donors (Lipinski definition) is 2. The fraction of sp³-hybridized carbons (Fsp3) is 0.875. The van der Waals surface area contributed by atoms with Crippen LogP contribution in [0.15, 0.2) is 0 Å². The van der Waals surface area contributed by atoms with E-state index >= 15 is 0 Å². The highest BCUT2D eigenvalue weighted by Gasteiger charge is 2.05. The average Bonchev–Trinajstić information content (AvgIpc) is 2.05. The molecule has 1 amide bonds. The van der Waals surface area contributed by atoms with Gasteiger partial charge in [-0.25, -0.2) is 0 Å². The molecule has 0 aromatic carbocycles. The van der Waals surface area contributed by atoms with E-state index in [-0.39, 0.29) is 5.91 Å². The van der Waals surface area contributed by atoms with Crippen molar-refractivity contribution in [2.75, 3.05) is 25.1 Å². The fourth-order valence-electron chi connectivity index (χ4n) is 0.765. The fourth-order valence-corrected chi connectivity index (χ4v) is 1.07. The molecule has 0 aliphatic rings. The summed E-state index contributed by atoms with van der Waals surface area (Å²) in [5.74, 6) is 1.38. The van der Waals surface area contributed by atoms with E-state index in [9.17, 15) is 4.79 Å². The summed E-state index contributed by atoms with van der Waals surface area (Å²) in [5.41, 5.74) is 5.39. The third kappa shape index (κ3) is 6.49. The van der Waals surface area contributed by atoms with Gasteiger partial charge >= 0.3 is 0 Å². The van der Waals surface area contributed by atoms with E-state index in [1.807, 2.05) is 13.2 Å². The molecular weight excluding hydrogens is 172 g/mol. The van der Waals surface area contributed by atoms with Crippen LogP contribution in [0.3, 0.4) is 0 Å². The number of nitrogens with one attached hydrogen (secondary N) is 1. The predicted octanol–water partition coefficient (Wildman–Crippen LogP) is 0.451. The number of carbonyl (C=O) groups is 1. The van der Waals surface area contributed by atoms with Gasteiger partial charge in [0.25, 0.3) is 0 Å². The van der Waals surface area contributed by atoms with Crippen LogP contribution in [-0.2, 0) is 4.79 Å². The van der Waals surface area contributed by atoms with E-state index in [2.05, 4.69) is 5.32 Å². The van der Waals surface area contributed by atoms with Crippen LogP contribution in [0.2, 0.25) is 0 Å². The number of nitrogens with two attached hydrogens (primary N) is 1. The first-order chi connectivity index (χ1) is 5.70. The molecule has 72 valence electrons. The van der Waals surface area contributed by atoms with Crippen LogP contribution >= 0.6 is 11.8 Å². The van der Waals surface area contributed by atoms with Gasteiger partial charge in [-0.3, -0.25) is 4.79 Å². The minimum absolute atomic E-state index is 0.113. The number of amides is 1. The average molecular weight is 190 g/mol. The molecule has 12 heavy (non-hydrogen) atoms. The summed E-state index contributed by atoms with van der Waals surface area (Å²) in [6, 6.07) is 0. The Kier molecular flexibility index (Phi) is 7.29. The second-order valence-electron chi connectivity index (χ2n) is 2.89. The Morgan fingerprint density at radius 2 is 2.33 bits per heavy atom. The first kappa shape index (κ1) is 11.8. The predicted molar refractivity (Wildman–Crippen MR) is 54.2 cm³/mol. The second kappa shape index (κ2) is 7.43. The first-order valence-electron chi connectivity index (χ1n) is 4.16. The van der Waals surface area contributed by atoms with Crippen LogP contribution < -0.4 is 11.1 Å². The van der Waals surface area contributed by atoms with Crippen molar-refractivity contribution >= 4 is 17.7 Å². The molecule has 0 saturated carbocycles. The van der Waals surface area contributed by atoms with Crippen molar-refractivity contribution in [3.8, 4) is 0 Å². The molecule has 0 aliphatic heterocycles. The third-order valence-corrected chi connectivity index (χ3v) is 2.18. The van der Waals surface area contributed by atoms with Crippen molar-refractivity contribution in [2.24, 2.45) is 11.7 Å². The van der Waals surface area contributed by atoms with E-state index in [0.29, 0.717) is 18.9 Å². The van der Waals surface area contributed by atoms with Gasteiger partial charge in [-0.05, 0) is 18.7 Å². The maximum atomic E-state index is 11.1. The summed E-state index contributed by atoms with van der Waals surface area (Å²) in [6.07, 6.45) is 2.57. The summed E-state index contributed by atoms with van der Waals surface area (Å²) in [7, 11) is 0. The molecule has 0 rings (SSSR count). The highest BCUT2D eigenvalue weighted by Crippen LogP contribution is 1.97. The molecule has 0 fully saturated rings. The van der Waals surface area contributed by atoms with Crippen molar-refractivity contribution in [1.29, 1.82) is 0 Å². The third-order valence-electron chi connectivity index (χ3n) is 1.56. The smallest absolute Gasteiger partial charge is 0.220 e. The van der Waals surface area contributed by atoms with Crippen LogP contribution in [0, 0.1) is 5.92 Å². The van der Waals surface area contributed by atoms with Crippen LogP contribution in [0.5, 0.6) is 0 Å². The molecule has 0 aromatic rings. The lowest BCUT2D eigenvalue weighted by Gasteiger charge is -2.08. The quantitative estimate of drug-likeness (QED) is 0.598. The van der Waals surface area contributed by atoms with Crippen LogP contribution in [0.25, 0.3) is 0 Å². The molecule has 0 saturated heterocycles. The Balaban J connectivity index is 3.33. The number of thioether (sulfide) groups is 1. The molecule has 1 atom stereocenters. The maximum Gasteiger partial charge on any atom is 0.220 e. The Labute approximate surface area is 78.5 Å². The molecule has 3 N–H and O–H groups in total.